The van der Waals surface area contributed by atoms with E-state index in [-0.39, 0.29) is 0 Å². The summed E-state index contributed by atoms with van der Waals surface area (Å²) in [5.41, 5.74) is 7.36. The Labute approximate surface area is 115 Å². The van der Waals surface area contributed by atoms with Crippen molar-refractivity contribution < 1.29 is 4.74 Å². The summed E-state index contributed by atoms with van der Waals surface area (Å²) in [4.78, 5) is 2.62. The second-order valence-corrected chi connectivity index (χ2v) is 5.79. The van der Waals surface area contributed by atoms with Gasteiger partial charge in [0.25, 0.3) is 0 Å². The molecule has 1 heterocycles. The molecule has 2 aliphatic rings. The van der Waals surface area contributed by atoms with Crippen molar-refractivity contribution in [2.75, 3.05) is 19.7 Å². The molecule has 2 fully saturated rings. The molecule has 1 saturated heterocycles. The third kappa shape index (κ3) is 2.49. The van der Waals surface area contributed by atoms with Gasteiger partial charge in [-0.2, -0.15) is 0 Å². The van der Waals surface area contributed by atoms with Gasteiger partial charge in [0, 0.05) is 25.2 Å². The van der Waals surface area contributed by atoms with Gasteiger partial charge in [-0.3, -0.25) is 4.90 Å². The van der Waals surface area contributed by atoms with Gasteiger partial charge in [-0.15, -0.1) is 0 Å². The summed E-state index contributed by atoms with van der Waals surface area (Å²) in [5, 5.41) is 0. The largest absolute Gasteiger partial charge is 0.494 e. The maximum atomic E-state index is 6.06. The van der Waals surface area contributed by atoms with Crippen LogP contribution in [0.15, 0.2) is 24.3 Å². The maximum absolute atomic E-state index is 6.06. The Hall–Kier alpha value is -1.06. The topological polar surface area (TPSA) is 38.5 Å². The standard InChI is InChI=1S/C16H24N2O/c1-2-19-15-5-3-4-13(9-15)16(10-17)18-11-12-6-7-14(18)8-12/h3-5,9,12,14,16H,2,6-8,10-11,17H2,1H3. The molecule has 3 rings (SSSR count). The third-order valence-electron chi connectivity index (χ3n) is 4.63. The number of hydrogen-bond donors (Lipinski definition) is 1. The highest BCUT2D eigenvalue weighted by atomic mass is 16.5. The summed E-state index contributed by atoms with van der Waals surface area (Å²) in [6.45, 7) is 4.65. The van der Waals surface area contributed by atoms with Crippen molar-refractivity contribution in [3.05, 3.63) is 29.8 Å². The van der Waals surface area contributed by atoms with Gasteiger partial charge in [0.15, 0.2) is 0 Å². The van der Waals surface area contributed by atoms with Crippen molar-refractivity contribution in [1.82, 2.24) is 4.90 Å². The highest BCUT2D eigenvalue weighted by molar-refractivity contribution is 5.31. The summed E-state index contributed by atoms with van der Waals surface area (Å²) in [6, 6.07) is 9.57. The predicted molar refractivity (Wildman–Crippen MR) is 77.2 cm³/mol. The lowest BCUT2D eigenvalue weighted by molar-refractivity contribution is 0.153. The van der Waals surface area contributed by atoms with Crippen molar-refractivity contribution in [2.24, 2.45) is 11.7 Å². The van der Waals surface area contributed by atoms with Crippen molar-refractivity contribution >= 4 is 0 Å². The van der Waals surface area contributed by atoms with E-state index >= 15 is 0 Å². The van der Waals surface area contributed by atoms with E-state index in [1.54, 1.807) is 0 Å². The molecule has 1 aliphatic carbocycles. The monoisotopic (exact) mass is 260 g/mol. The fraction of sp³-hybridized carbons (Fsp3) is 0.625. The van der Waals surface area contributed by atoms with Crippen LogP contribution >= 0.6 is 0 Å². The van der Waals surface area contributed by atoms with Crippen LogP contribution in [-0.4, -0.2) is 30.6 Å². The van der Waals surface area contributed by atoms with Crippen LogP contribution in [0.3, 0.4) is 0 Å². The van der Waals surface area contributed by atoms with Gasteiger partial charge < -0.3 is 10.5 Å². The van der Waals surface area contributed by atoms with E-state index in [9.17, 15) is 0 Å². The summed E-state index contributed by atoms with van der Waals surface area (Å²) >= 11 is 0. The number of likely N-dealkylation sites (tertiary alicyclic amines) is 1. The number of fused-ring (bicyclic) bond motifs is 2. The molecule has 0 radical (unpaired) electrons. The quantitative estimate of drug-likeness (QED) is 0.884. The maximum Gasteiger partial charge on any atom is 0.119 e. The SMILES string of the molecule is CCOc1cccc(C(CN)N2CC3CCC2C3)c1. The zero-order valence-electron chi connectivity index (χ0n) is 11.7. The molecule has 0 aromatic heterocycles. The molecule has 0 spiro atoms. The van der Waals surface area contributed by atoms with E-state index in [0.717, 1.165) is 17.7 Å². The summed E-state index contributed by atoms with van der Waals surface area (Å²) < 4.78 is 5.61. The van der Waals surface area contributed by atoms with E-state index in [2.05, 4.69) is 23.1 Å². The molecule has 1 aliphatic heterocycles. The Bertz CT molecular complexity index is 435. The molecular weight excluding hydrogens is 236 g/mol. The highest BCUT2D eigenvalue weighted by Gasteiger charge is 2.40. The average molecular weight is 260 g/mol. The van der Waals surface area contributed by atoms with Crippen LogP contribution < -0.4 is 10.5 Å². The summed E-state index contributed by atoms with van der Waals surface area (Å²) in [5.74, 6) is 1.87. The molecule has 1 aromatic rings. The first-order chi connectivity index (χ1) is 9.31. The van der Waals surface area contributed by atoms with Gasteiger partial charge in [0.1, 0.15) is 5.75 Å². The summed E-state index contributed by atoms with van der Waals surface area (Å²) in [7, 11) is 0. The highest BCUT2D eigenvalue weighted by Crippen LogP contribution is 2.42. The van der Waals surface area contributed by atoms with Crippen molar-refractivity contribution in [3.63, 3.8) is 0 Å². The molecule has 104 valence electrons. The minimum Gasteiger partial charge on any atom is -0.494 e. The number of ether oxygens (including phenoxy) is 1. The number of piperidine rings is 1. The molecule has 3 heteroatoms. The smallest absolute Gasteiger partial charge is 0.119 e. The molecule has 3 atom stereocenters. The molecule has 0 amide bonds. The lowest BCUT2D eigenvalue weighted by Gasteiger charge is -2.34. The van der Waals surface area contributed by atoms with Gasteiger partial charge in [-0.05, 0) is 49.8 Å². The number of nitrogens with zero attached hydrogens (tertiary/aromatic N) is 1. The molecule has 19 heavy (non-hydrogen) atoms. The molecule has 2 bridgehead atoms. The minimum absolute atomic E-state index is 0.357. The van der Waals surface area contributed by atoms with E-state index in [1.807, 2.05) is 13.0 Å². The Morgan fingerprint density at radius 1 is 1.42 bits per heavy atom. The van der Waals surface area contributed by atoms with Crippen molar-refractivity contribution in [1.29, 1.82) is 0 Å². The number of hydrogen-bond acceptors (Lipinski definition) is 3. The fourth-order valence-corrected chi connectivity index (χ4v) is 3.79. The Kier molecular flexibility index (Phi) is 3.76. The zero-order chi connectivity index (χ0) is 13.2. The van der Waals surface area contributed by atoms with E-state index in [4.69, 9.17) is 10.5 Å². The van der Waals surface area contributed by atoms with Crippen molar-refractivity contribution in [2.45, 2.75) is 38.3 Å². The Morgan fingerprint density at radius 3 is 2.95 bits per heavy atom. The molecular formula is C16H24N2O. The van der Waals surface area contributed by atoms with Crippen LogP contribution in [0.2, 0.25) is 0 Å². The number of rotatable bonds is 5. The number of nitrogens with two attached hydrogens (primary N) is 1. The zero-order valence-corrected chi connectivity index (χ0v) is 11.7. The van der Waals surface area contributed by atoms with Crippen LogP contribution in [0.5, 0.6) is 5.75 Å². The second-order valence-electron chi connectivity index (χ2n) is 5.79. The van der Waals surface area contributed by atoms with Gasteiger partial charge in [0.2, 0.25) is 0 Å². The lowest BCUT2D eigenvalue weighted by atomic mass is 10.0. The second kappa shape index (κ2) is 5.51. The van der Waals surface area contributed by atoms with Crippen LogP contribution in [0.25, 0.3) is 0 Å². The van der Waals surface area contributed by atoms with Crippen LogP contribution in [0.4, 0.5) is 0 Å². The van der Waals surface area contributed by atoms with Crippen LogP contribution in [-0.2, 0) is 0 Å². The average Bonchev–Trinajstić information content (AvgIpc) is 3.03. The fourth-order valence-electron chi connectivity index (χ4n) is 3.79. The molecule has 3 unspecified atom stereocenters. The predicted octanol–water partition coefficient (Wildman–Crippen LogP) is 2.57. The first-order valence-electron chi connectivity index (χ1n) is 7.50. The van der Waals surface area contributed by atoms with Gasteiger partial charge in [-0.1, -0.05) is 12.1 Å². The third-order valence-corrected chi connectivity index (χ3v) is 4.63. The number of benzene rings is 1. The molecule has 3 nitrogen and oxygen atoms in total. The van der Waals surface area contributed by atoms with Crippen LogP contribution in [0, 0.1) is 5.92 Å². The van der Waals surface area contributed by atoms with Gasteiger partial charge in [-0.25, -0.2) is 0 Å². The summed E-state index contributed by atoms with van der Waals surface area (Å²) in [6.07, 6.45) is 4.14. The Morgan fingerprint density at radius 2 is 2.32 bits per heavy atom. The molecule has 1 saturated carbocycles. The lowest BCUT2D eigenvalue weighted by Crippen LogP contribution is -2.39. The van der Waals surface area contributed by atoms with Crippen LogP contribution in [0.1, 0.15) is 37.8 Å². The van der Waals surface area contributed by atoms with E-state index < -0.39 is 0 Å². The first-order valence-corrected chi connectivity index (χ1v) is 7.50. The van der Waals surface area contributed by atoms with E-state index in [0.29, 0.717) is 19.2 Å². The molecule has 1 aromatic carbocycles. The first kappa shape index (κ1) is 12.9. The Balaban J connectivity index is 1.80. The van der Waals surface area contributed by atoms with Crippen molar-refractivity contribution in [3.8, 4) is 5.75 Å². The van der Waals surface area contributed by atoms with Gasteiger partial charge >= 0.3 is 0 Å². The normalized spacial score (nSPS) is 27.7. The van der Waals surface area contributed by atoms with E-state index in [1.165, 1.54) is 31.4 Å². The molecule has 2 N–H and O–H groups in total. The van der Waals surface area contributed by atoms with Gasteiger partial charge in [0.05, 0.1) is 6.61 Å². The minimum atomic E-state index is 0.357.